The molecule has 4 aromatic heterocycles. The van der Waals surface area contributed by atoms with Crippen molar-refractivity contribution in [3.63, 3.8) is 0 Å². The van der Waals surface area contributed by atoms with Gasteiger partial charge in [0.15, 0.2) is 37.5 Å². The number of nitrogens with two attached hydrogens (primary N) is 2. The lowest BCUT2D eigenvalue weighted by Crippen LogP contribution is -2.48. The predicted octanol–water partition coefficient (Wildman–Crippen LogP) is 0.104. The van der Waals surface area contributed by atoms with Crippen LogP contribution in [0.25, 0.3) is 22.3 Å². The minimum atomic E-state index is -4.53. The molecular formula is C28H40N10O10PSi-. The van der Waals surface area contributed by atoms with Crippen LogP contribution >= 0.6 is 7.60 Å². The van der Waals surface area contributed by atoms with E-state index >= 15 is 0 Å². The summed E-state index contributed by atoms with van der Waals surface area (Å²) in [6.45, 7) is 9.03. The van der Waals surface area contributed by atoms with E-state index in [1.807, 2.05) is 33.9 Å². The molecule has 20 nitrogen and oxygen atoms in total. The van der Waals surface area contributed by atoms with Gasteiger partial charge in [0.2, 0.25) is 0 Å². The number of carbonyl (C=O) groups excluding carboxylic acids is 1. The summed E-state index contributed by atoms with van der Waals surface area (Å²) in [7, 11) is -7.07. The first-order chi connectivity index (χ1) is 23.5. The average Bonchev–Trinajstić information content (AvgIpc) is 3.81. The predicted molar refractivity (Wildman–Crippen MR) is 175 cm³/mol. The van der Waals surface area contributed by atoms with Crippen LogP contribution in [-0.2, 0) is 32.3 Å². The number of nitrogens with zero attached hydrogens (tertiary/aromatic N) is 8. The molecule has 0 radical (unpaired) electrons. The molecular weight excluding hydrogens is 695 g/mol. The van der Waals surface area contributed by atoms with E-state index in [1.54, 1.807) is 9.13 Å². The van der Waals surface area contributed by atoms with Gasteiger partial charge >= 0.3 is 7.60 Å². The molecule has 0 saturated carbocycles. The van der Waals surface area contributed by atoms with Crippen LogP contribution in [0.3, 0.4) is 0 Å². The van der Waals surface area contributed by atoms with Crippen molar-refractivity contribution in [3.8, 4) is 0 Å². The SMILES string of the molecule is CC(C)(C)[Si](C)(C)OC1C(O)[C@@H](COP(=O)(CC(=O)[O-])OC2C[C@H](n3cnc4c(N)ncnc43)O[C@@H]2CO)O[C@H]1n1cnc2c(N)ncnc21. The quantitative estimate of drug-likeness (QED) is 0.111. The van der Waals surface area contributed by atoms with E-state index in [2.05, 4.69) is 29.9 Å². The van der Waals surface area contributed by atoms with E-state index in [-0.39, 0.29) is 23.1 Å². The van der Waals surface area contributed by atoms with Gasteiger partial charge in [-0.3, -0.25) is 13.7 Å². The normalized spacial score (nSPS) is 27.3. The Bertz CT molecular complexity index is 1920. The third-order valence-corrected chi connectivity index (χ3v) is 15.6. The first-order valence-corrected chi connectivity index (χ1v) is 20.4. The lowest BCUT2D eigenvalue weighted by Gasteiger charge is -2.40. The first kappa shape index (κ1) is 36.1. The van der Waals surface area contributed by atoms with Gasteiger partial charge in [0, 0.05) is 6.42 Å². The smallest absolute Gasteiger partial charge is 0.336 e. The fourth-order valence-corrected chi connectivity index (χ4v) is 8.51. The number of aromatic nitrogens is 8. The summed E-state index contributed by atoms with van der Waals surface area (Å²) in [6.07, 6.45) is -3.10. The average molecular weight is 736 g/mol. The van der Waals surface area contributed by atoms with Gasteiger partial charge in [-0.05, 0) is 18.1 Å². The molecule has 0 amide bonds. The highest BCUT2D eigenvalue weighted by Gasteiger charge is 2.52. The van der Waals surface area contributed by atoms with Crippen molar-refractivity contribution < 1.29 is 47.6 Å². The number of aliphatic hydroxyl groups excluding tert-OH is 2. The highest BCUT2D eigenvalue weighted by Crippen LogP contribution is 2.53. The number of fused-ring (bicyclic) bond motifs is 2. The number of aliphatic carboxylic acids is 1. The molecule has 0 aromatic carbocycles. The Morgan fingerprint density at radius 1 is 1.02 bits per heavy atom. The van der Waals surface area contributed by atoms with E-state index in [1.165, 1.54) is 25.3 Å². The minimum absolute atomic E-state index is 0.00669. The zero-order chi connectivity index (χ0) is 36.2. The van der Waals surface area contributed by atoms with Crippen molar-refractivity contribution >= 4 is 55.8 Å². The second-order valence-corrected chi connectivity index (χ2v) is 20.5. The molecule has 0 spiro atoms. The summed E-state index contributed by atoms with van der Waals surface area (Å²) >= 11 is 0. The second kappa shape index (κ2) is 13.5. The molecule has 8 atom stereocenters. The maximum absolute atomic E-state index is 14.1. The van der Waals surface area contributed by atoms with E-state index in [0.29, 0.717) is 22.3 Å². The molecule has 6 N–H and O–H groups in total. The lowest BCUT2D eigenvalue weighted by molar-refractivity contribution is -0.301. The van der Waals surface area contributed by atoms with Crippen molar-refractivity contribution in [2.75, 3.05) is 30.8 Å². The molecule has 2 aliphatic heterocycles. The molecule has 0 aliphatic carbocycles. The van der Waals surface area contributed by atoms with Gasteiger partial charge in [0.25, 0.3) is 0 Å². The van der Waals surface area contributed by atoms with Crippen LogP contribution in [0.2, 0.25) is 18.1 Å². The number of carboxylic acid groups (broad SMARTS) is 1. The molecule has 2 saturated heterocycles. The van der Waals surface area contributed by atoms with Gasteiger partial charge in [-0.15, -0.1) is 0 Å². The molecule has 6 rings (SSSR count). The van der Waals surface area contributed by atoms with Gasteiger partial charge in [0.05, 0.1) is 44.1 Å². The number of carbonyl (C=O) groups is 1. The third kappa shape index (κ3) is 6.84. The maximum Gasteiger partial charge on any atom is 0.336 e. The number of rotatable bonds is 12. The maximum atomic E-state index is 14.1. The zero-order valence-corrected chi connectivity index (χ0v) is 29.9. The molecule has 4 aromatic rings. The first-order valence-electron chi connectivity index (χ1n) is 15.8. The van der Waals surface area contributed by atoms with E-state index in [0.717, 1.165) is 0 Å². The summed E-state index contributed by atoms with van der Waals surface area (Å²) in [6, 6.07) is 0. The minimum Gasteiger partial charge on any atom is -0.549 e. The van der Waals surface area contributed by atoms with E-state index < -0.39 is 84.2 Å². The Kier molecular flexibility index (Phi) is 9.74. The molecule has 4 unspecified atom stereocenters. The van der Waals surface area contributed by atoms with Gasteiger partial charge in [-0.25, -0.2) is 29.9 Å². The number of carboxylic acids is 1. The monoisotopic (exact) mass is 735 g/mol. The highest BCUT2D eigenvalue weighted by atomic mass is 31.2. The van der Waals surface area contributed by atoms with Crippen molar-refractivity contribution in [3.05, 3.63) is 25.3 Å². The van der Waals surface area contributed by atoms with Crippen LogP contribution < -0.4 is 16.6 Å². The third-order valence-electron chi connectivity index (χ3n) is 9.32. The number of hydrogen-bond acceptors (Lipinski definition) is 18. The van der Waals surface area contributed by atoms with Crippen molar-refractivity contribution in [1.29, 1.82) is 0 Å². The largest absolute Gasteiger partial charge is 0.549 e. The summed E-state index contributed by atoms with van der Waals surface area (Å²) in [4.78, 5) is 36.7. The fourth-order valence-electron chi connectivity index (χ4n) is 5.67. The number of nitrogen functional groups attached to an aromatic ring is 2. The van der Waals surface area contributed by atoms with Crippen LogP contribution in [-0.4, -0.2) is 113 Å². The van der Waals surface area contributed by atoms with Crippen LogP contribution in [0.5, 0.6) is 0 Å². The summed E-state index contributed by atoms with van der Waals surface area (Å²) < 4.78 is 47.6. The lowest BCUT2D eigenvalue weighted by atomic mass is 10.1. The summed E-state index contributed by atoms with van der Waals surface area (Å²) in [5.41, 5.74) is 13.2. The van der Waals surface area contributed by atoms with E-state index in [4.69, 9.17) is 34.4 Å². The molecule has 272 valence electrons. The van der Waals surface area contributed by atoms with Gasteiger partial charge in [-0.2, -0.15) is 0 Å². The fraction of sp³-hybridized carbons (Fsp3) is 0.607. The van der Waals surface area contributed by atoms with Crippen molar-refractivity contribution in [1.82, 2.24) is 39.0 Å². The van der Waals surface area contributed by atoms with E-state index in [9.17, 15) is 24.7 Å². The molecule has 22 heteroatoms. The van der Waals surface area contributed by atoms with Gasteiger partial charge in [-0.1, -0.05) is 20.8 Å². The molecule has 0 bridgehead atoms. The Morgan fingerprint density at radius 3 is 2.20 bits per heavy atom. The number of imidazole rings is 2. The van der Waals surface area contributed by atoms with Crippen molar-refractivity contribution in [2.24, 2.45) is 0 Å². The summed E-state index contributed by atoms with van der Waals surface area (Å²) in [5, 5.41) is 33.3. The van der Waals surface area contributed by atoms with Crippen LogP contribution in [0, 0.1) is 0 Å². The molecule has 6 heterocycles. The van der Waals surface area contributed by atoms with Gasteiger partial charge in [0.1, 0.15) is 54.3 Å². The second-order valence-electron chi connectivity index (χ2n) is 13.7. The number of ether oxygens (including phenoxy) is 2. The van der Waals surface area contributed by atoms with Crippen LogP contribution in [0.4, 0.5) is 11.6 Å². The number of aliphatic hydroxyl groups is 2. The highest BCUT2D eigenvalue weighted by molar-refractivity contribution is 7.54. The zero-order valence-electron chi connectivity index (χ0n) is 28.0. The number of hydrogen-bond donors (Lipinski definition) is 4. The van der Waals surface area contributed by atoms with Gasteiger partial charge < -0.3 is 54.5 Å². The molecule has 2 aliphatic rings. The molecule has 50 heavy (non-hydrogen) atoms. The Labute approximate surface area is 286 Å². The van der Waals surface area contributed by atoms with Crippen molar-refractivity contribution in [2.45, 2.75) is 88.3 Å². The summed E-state index contributed by atoms with van der Waals surface area (Å²) in [5.74, 6) is -1.41. The Balaban J connectivity index is 1.23. The Morgan fingerprint density at radius 2 is 1.62 bits per heavy atom. The molecule has 2 fully saturated rings. The van der Waals surface area contributed by atoms with Crippen LogP contribution in [0.15, 0.2) is 25.3 Å². The van der Waals surface area contributed by atoms with Crippen LogP contribution in [0.1, 0.15) is 39.6 Å². The Hall–Kier alpha value is -3.66. The standard InChI is InChI=1S/C28H41N10O10PSi/c1-28(2,3)50(4,5)48-22-21(42)16(46-27(22)38-13-36-20-24(30)32-11-34-26(20)38)8-44-49(43,9-18(40)41)47-14-6-17(45-15(14)7-39)37-12-35-19-23(29)31-10-33-25(19)37/h10-17,21-22,27,39,42H,6-9H2,1-5H3,(H,40,41)(H2,29,31,33)(H2,30,32,34)/p-1/t14?,15-,16-,17-,21?,22?,27-,49?/m1/s1. The number of anilines is 2. The topological polar surface area (TPSA) is 283 Å².